The highest BCUT2D eigenvalue weighted by atomic mass is 14.9. The van der Waals surface area contributed by atoms with Crippen LogP contribution in [0.4, 0.5) is 11.4 Å². The standard InChI is InChI=1S/C16H23N3/c1-10-8-15(19-11(2)16(3,4)5)13-9-12(17)6-7-14(13)18-10/h6-9,11H,17H2,1-5H3,(H,18,19). The van der Waals surface area contributed by atoms with Gasteiger partial charge in [-0.05, 0) is 43.5 Å². The highest BCUT2D eigenvalue weighted by molar-refractivity contribution is 5.93. The van der Waals surface area contributed by atoms with E-state index in [1.807, 2.05) is 25.1 Å². The predicted octanol–water partition coefficient (Wildman–Crippen LogP) is 3.97. The first-order valence-corrected chi connectivity index (χ1v) is 6.71. The quantitative estimate of drug-likeness (QED) is 0.800. The van der Waals surface area contributed by atoms with E-state index < -0.39 is 0 Å². The van der Waals surface area contributed by atoms with Crippen molar-refractivity contribution in [2.24, 2.45) is 5.41 Å². The second kappa shape index (κ2) is 4.72. The van der Waals surface area contributed by atoms with Crippen molar-refractivity contribution in [3.8, 4) is 0 Å². The van der Waals surface area contributed by atoms with Gasteiger partial charge in [0.1, 0.15) is 0 Å². The maximum Gasteiger partial charge on any atom is 0.0727 e. The van der Waals surface area contributed by atoms with Crippen LogP contribution in [0.1, 0.15) is 33.4 Å². The minimum Gasteiger partial charge on any atom is -0.399 e. The van der Waals surface area contributed by atoms with Crippen LogP contribution in [0.2, 0.25) is 0 Å². The third-order valence-corrected chi connectivity index (χ3v) is 3.63. The zero-order valence-electron chi connectivity index (χ0n) is 12.4. The Morgan fingerprint density at radius 3 is 2.53 bits per heavy atom. The average molecular weight is 257 g/mol. The van der Waals surface area contributed by atoms with E-state index >= 15 is 0 Å². The fourth-order valence-electron chi connectivity index (χ4n) is 1.94. The molecule has 2 rings (SSSR count). The molecule has 1 unspecified atom stereocenters. The number of hydrogen-bond acceptors (Lipinski definition) is 3. The van der Waals surface area contributed by atoms with Gasteiger partial charge in [0.25, 0.3) is 0 Å². The molecular formula is C16H23N3. The van der Waals surface area contributed by atoms with Crippen LogP contribution in [0.15, 0.2) is 24.3 Å². The van der Waals surface area contributed by atoms with Gasteiger partial charge in [0.15, 0.2) is 0 Å². The number of nitrogen functional groups attached to an aromatic ring is 1. The van der Waals surface area contributed by atoms with Gasteiger partial charge in [0.05, 0.1) is 5.52 Å². The summed E-state index contributed by atoms with van der Waals surface area (Å²) in [7, 11) is 0. The molecule has 1 aromatic carbocycles. The number of nitrogens with zero attached hydrogens (tertiary/aromatic N) is 1. The Morgan fingerprint density at radius 1 is 1.21 bits per heavy atom. The molecule has 2 aromatic rings. The largest absolute Gasteiger partial charge is 0.399 e. The summed E-state index contributed by atoms with van der Waals surface area (Å²) in [4.78, 5) is 4.55. The molecule has 3 nitrogen and oxygen atoms in total. The molecule has 0 bridgehead atoms. The predicted molar refractivity (Wildman–Crippen MR) is 83.4 cm³/mol. The van der Waals surface area contributed by atoms with Gasteiger partial charge in [-0.15, -0.1) is 0 Å². The Bertz CT molecular complexity index is 597. The first-order valence-electron chi connectivity index (χ1n) is 6.71. The number of nitrogens with two attached hydrogens (primary N) is 1. The minimum atomic E-state index is 0.198. The molecule has 0 aliphatic carbocycles. The van der Waals surface area contributed by atoms with Crippen molar-refractivity contribution in [2.75, 3.05) is 11.1 Å². The lowest BCUT2D eigenvalue weighted by atomic mass is 9.88. The van der Waals surface area contributed by atoms with Crippen LogP contribution in [-0.4, -0.2) is 11.0 Å². The van der Waals surface area contributed by atoms with Crippen molar-refractivity contribution < 1.29 is 0 Å². The molecule has 1 heterocycles. The molecule has 0 saturated carbocycles. The van der Waals surface area contributed by atoms with Crippen molar-refractivity contribution in [1.82, 2.24) is 4.98 Å². The van der Waals surface area contributed by atoms with Crippen LogP contribution in [-0.2, 0) is 0 Å². The lowest BCUT2D eigenvalue weighted by Crippen LogP contribution is -2.30. The van der Waals surface area contributed by atoms with Crippen molar-refractivity contribution in [3.63, 3.8) is 0 Å². The van der Waals surface area contributed by atoms with E-state index in [1.165, 1.54) is 0 Å². The number of nitrogens with one attached hydrogen (secondary N) is 1. The van der Waals surface area contributed by atoms with E-state index in [2.05, 4.69) is 44.1 Å². The van der Waals surface area contributed by atoms with Crippen LogP contribution in [0.25, 0.3) is 10.9 Å². The zero-order chi connectivity index (χ0) is 14.2. The number of aryl methyl sites for hydroxylation is 1. The lowest BCUT2D eigenvalue weighted by Gasteiger charge is -2.29. The molecular weight excluding hydrogens is 234 g/mol. The van der Waals surface area contributed by atoms with E-state index in [0.717, 1.165) is 28.0 Å². The summed E-state index contributed by atoms with van der Waals surface area (Å²) in [5.41, 5.74) is 9.97. The number of rotatable bonds is 2. The SMILES string of the molecule is Cc1cc(NC(C)C(C)(C)C)c2cc(N)ccc2n1. The van der Waals surface area contributed by atoms with Crippen molar-refractivity contribution in [1.29, 1.82) is 0 Å². The molecule has 0 spiro atoms. The zero-order valence-corrected chi connectivity index (χ0v) is 12.4. The van der Waals surface area contributed by atoms with Gasteiger partial charge < -0.3 is 11.1 Å². The average Bonchev–Trinajstić information content (AvgIpc) is 2.28. The monoisotopic (exact) mass is 257 g/mol. The molecule has 0 fully saturated rings. The molecule has 19 heavy (non-hydrogen) atoms. The van der Waals surface area contributed by atoms with Crippen LogP contribution in [0, 0.1) is 12.3 Å². The molecule has 0 aliphatic rings. The molecule has 1 atom stereocenters. The summed E-state index contributed by atoms with van der Waals surface area (Å²) in [6.45, 7) is 10.9. The summed E-state index contributed by atoms with van der Waals surface area (Å²) >= 11 is 0. The van der Waals surface area contributed by atoms with Gasteiger partial charge >= 0.3 is 0 Å². The van der Waals surface area contributed by atoms with Crippen LogP contribution < -0.4 is 11.1 Å². The fourth-order valence-corrected chi connectivity index (χ4v) is 1.94. The number of anilines is 2. The van der Waals surface area contributed by atoms with E-state index in [4.69, 9.17) is 5.73 Å². The van der Waals surface area contributed by atoms with Gasteiger partial charge in [-0.25, -0.2) is 0 Å². The van der Waals surface area contributed by atoms with Crippen LogP contribution >= 0.6 is 0 Å². The van der Waals surface area contributed by atoms with E-state index in [1.54, 1.807) is 0 Å². The Kier molecular flexibility index (Phi) is 3.40. The Morgan fingerprint density at radius 2 is 1.89 bits per heavy atom. The Balaban J connectivity index is 2.50. The normalized spacial score (nSPS) is 13.5. The third-order valence-electron chi connectivity index (χ3n) is 3.63. The van der Waals surface area contributed by atoms with Gasteiger partial charge in [-0.1, -0.05) is 20.8 Å². The first kappa shape index (κ1) is 13.7. The van der Waals surface area contributed by atoms with Crippen molar-refractivity contribution >= 4 is 22.3 Å². The molecule has 3 heteroatoms. The lowest BCUT2D eigenvalue weighted by molar-refractivity contribution is 0.359. The van der Waals surface area contributed by atoms with Crippen LogP contribution in [0.3, 0.4) is 0 Å². The number of benzene rings is 1. The number of pyridine rings is 1. The second-order valence-electron chi connectivity index (χ2n) is 6.32. The molecule has 102 valence electrons. The van der Waals surface area contributed by atoms with Gasteiger partial charge in [-0.3, -0.25) is 4.98 Å². The minimum absolute atomic E-state index is 0.198. The highest BCUT2D eigenvalue weighted by Gasteiger charge is 2.20. The maximum absolute atomic E-state index is 5.89. The van der Waals surface area contributed by atoms with Crippen molar-refractivity contribution in [3.05, 3.63) is 30.0 Å². The van der Waals surface area contributed by atoms with Gasteiger partial charge in [0, 0.05) is 28.5 Å². The summed E-state index contributed by atoms with van der Waals surface area (Å²) in [6.07, 6.45) is 0. The summed E-state index contributed by atoms with van der Waals surface area (Å²) < 4.78 is 0. The molecule has 0 radical (unpaired) electrons. The molecule has 0 saturated heterocycles. The molecule has 0 aliphatic heterocycles. The summed E-state index contributed by atoms with van der Waals surface area (Å²) in [5, 5.41) is 4.68. The molecule has 1 aromatic heterocycles. The number of fused-ring (bicyclic) bond motifs is 1. The van der Waals surface area contributed by atoms with Gasteiger partial charge in [-0.2, -0.15) is 0 Å². The Hall–Kier alpha value is -1.77. The topological polar surface area (TPSA) is 50.9 Å². The first-order chi connectivity index (χ1) is 8.77. The van der Waals surface area contributed by atoms with E-state index in [9.17, 15) is 0 Å². The highest BCUT2D eigenvalue weighted by Crippen LogP contribution is 2.29. The second-order valence-corrected chi connectivity index (χ2v) is 6.32. The van der Waals surface area contributed by atoms with Gasteiger partial charge in [0.2, 0.25) is 0 Å². The summed E-state index contributed by atoms with van der Waals surface area (Å²) in [5.74, 6) is 0. The molecule has 3 N–H and O–H groups in total. The maximum atomic E-state index is 5.89. The van der Waals surface area contributed by atoms with E-state index in [-0.39, 0.29) is 5.41 Å². The van der Waals surface area contributed by atoms with Crippen molar-refractivity contribution in [2.45, 2.75) is 40.7 Å². The third kappa shape index (κ3) is 2.98. The van der Waals surface area contributed by atoms with E-state index in [0.29, 0.717) is 6.04 Å². The fraction of sp³-hybridized carbons (Fsp3) is 0.438. The van der Waals surface area contributed by atoms with Crippen LogP contribution in [0.5, 0.6) is 0 Å². The molecule has 0 amide bonds. The smallest absolute Gasteiger partial charge is 0.0727 e. The summed E-state index contributed by atoms with van der Waals surface area (Å²) in [6, 6.07) is 8.30. The Labute approximate surface area is 115 Å². The number of aromatic nitrogens is 1. The number of hydrogen-bond donors (Lipinski definition) is 2.